The lowest BCUT2D eigenvalue weighted by atomic mass is 10.1. The Labute approximate surface area is 107 Å². The minimum atomic E-state index is -1.03. The number of esters is 1. The number of ether oxygens (including phenoxy) is 2. The van der Waals surface area contributed by atoms with Gasteiger partial charge in [0.1, 0.15) is 6.10 Å². The van der Waals surface area contributed by atoms with Gasteiger partial charge in [0.15, 0.2) is 0 Å². The lowest BCUT2D eigenvalue weighted by molar-refractivity contribution is -0.160. The highest BCUT2D eigenvalue weighted by Gasteiger charge is 2.21. The van der Waals surface area contributed by atoms with Crippen LogP contribution in [-0.4, -0.2) is 47.1 Å². The fraction of sp³-hybridized carbons (Fsp3) is 0.833. The van der Waals surface area contributed by atoms with E-state index >= 15 is 0 Å². The molecule has 0 saturated heterocycles. The van der Waals surface area contributed by atoms with Crippen molar-refractivity contribution >= 4 is 11.9 Å². The molecule has 0 heterocycles. The molecule has 0 aliphatic heterocycles. The molecule has 0 aromatic heterocycles. The molecule has 0 saturated carbocycles. The highest BCUT2D eigenvalue weighted by molar-refractivity contribution is 5.76. The fourth-order valence-electron chi connectivity index (χ4n) is 1.35. The van der Waals surface area contributed by atoms with Crippen LogP contribution in [0.3, 0.4) is 0 Å². The first kappa shape index (κ1) is 16.9. The summed E-state index contributed by atoms with van der Waals surface area (Å²) < 4.78 is 10.5. The van der Waals surface area contributed by atoms with E-state index in [9.17, 15) is 9.59 Å². The largest absolute Gasteiger partial charge is 0.481 e. The van der Waals surface area contributed by atoms with Crippen LogP contribution >= 0.6 is 0 Å². The topological polar surface area (TPSA) is 93.1 Å². The van der Waals surface area contributed by atoms with E-state index in [1.165, 1.54) is 0 Å². The lowest BCUT2D eigenvalue weighted by Crippen LogP contribution is -2.32. The van der Waals surface area contributed by atoms with E-state index in [4.69, 9.17) is 19.7 Å². The predicted molar refractivity (Wildman–Crippen MR) is 64.1 cm³/mol. The maximum absolute atomic E-state index is 11.4. The monoisotopic (exact) mass is 262 g/mol. The Hall–Kier alpha value is -1.14. The number of hydrogen-bond acceptors (Lipinski definition) is 5. The standard InChI is InChI=1S/C12H22O6/c1-4-10(9(3)17-7-8(2)13)18-12(16)6-5-11(14)15/h8-10,13H,4-7H2,1-3H3,(H,14,15). The van der Waals surface area contributed by atoms with Crippen molar-refractivity contribution in [2.24, 2.45) is 0 Å². The van der Waals surface area contributed by atoms with E-state index in [1.807, 2.05) is 6.92 Å². The van der Waals surface area contributed by atoms with Crippen molar-refractivity contribution in [2.45, 2.75) is 58.3 Å². The van der Waals surface area contributed by atoms with Gasteiger partial charge in [-0.25, -0.2) is 0 Å². The van der Waals surface area contributed by atoms with Gasteiger partial charge in [0.05, 0.1) is 31.7 Å². The van der Waals surface area contributed by atoms with E-state index in [0.29, 0.717) is 6.42 Å². The van der Waals surface area contributed by atoms with E-state index in [0.717, 1.165) is 0 Å². The van der Waals surface area contributed by atoms with Crippen LogP contribution in [0.25, 0.3) is 0 Å². The molecule has 0 amide bonds. The smallest absolute Gasteiger partial charge is 0.306 e. The molecule has 6 nitrogen and oxygen atoms in total. The van der Waals surface area contributed by atoms with Gasteiger partial charge in [-0.2, -0.15) is 0 Å². The molecule has 0 aromatic rings. The van der Waals surface area contributed by atoms with Crippen LogP contribution in [0.4, 0.5) is 0 Å². The number of aliphatic hydroxyl groups is 1. The van der Waals surface area contributed by atoms with Crippen molar-refractivity contribution in [3.63, 3.8) is 0 Å². The summed E-state index contributed by atoms with van der Waals surface area (Å²) in [4.78, 5) is 21.7. The summed E-state index contributed by atoms with van der Waals surface area (Å²) in [5, 5.41) is 17.5. The Morgan fingerprint density at radius 3 is 2.28 bits per heavy atom. The minimum Gasteiger partial charge on any atom is -0.481 e. The van der Waals surface area contributed by atoms with Crippen molar-refractivity contribution < 1.29 is 29.3 Å². The van der Waals surface area contributed by atoms with Gasteiger partial charge in [-0.3, -0.25) is 9.59 Å². The van der Waals surface area contributed by atoms with Gasteiger partial charge in [-0.1, -0.05) is 6.92 Å². The lowest BCUT2D eigenvalue weighted by Gasteiger charge is -2.23. The summed E-state index contributed by atoms with van der Waals surface area (Å²) in [5.41, 5.74) is 0. The van der Waals surface area contributed by atoms with E-state index in [-0.39, 0.29) is 25.6 Å². The molecular formula is C12H22O6. The maximum atomic E-state index is 11.4. The number of hydrogen-bond donors (Lipinski definition) is 2. The zero-order valence-corrected chi connectivity index (χ0v) is 11.1. The normalized spacial score (nSPS) is 15.8. The van der Waals surface area contributed by atoms with Gasteiger partial charge >= 0.3 is 11.9 Å². The van der Waals surface area contributed by atoms with Gasteiger partial charge in [0.2, 0.25) is 0 Å². The molecule has 3 unspecified atom stereocenters. The molecule has 18 heavy (non-hydrogen) atoms. The predicted octanol–water partition coefficient (Wildman–Crippen LogP) is 0.959. The van der Waals surface area contributed by atoms with Crippen LogP contribution in [-0.2, 0) is 19.1 Å². The first-order valence-corrected chi connectivity index (χ1v) is 6.07. The van der Waals surface area contributed by atoms with Crippen LogP contribution in [0.5, 0.6) is 0 Å². The average molecular weight is 262 g/mol. The first-order valence-electron chi connectivity index (χ1n) is 6.07. The second-order valence-corrected chi connectivity index (χ2v) is 4.22. The second kappa shape index (κ2) is 8.88. The van der Waals surface area contributed by atoms with E-state index in [2.05, 4.69) is 0 Å². The minimum absolute atomic E-state index is 0.144. The first-order chi connectivity index (χ1) is 8.36. The van der Waals surface area contributed by atoms with Crippen LogP contribution in [0.1, 0.15) is 40.0 Å². The highest BCUT2D eigenvalue weighted by atomic mass is 16.6. The van der Waals surface area contributed by atoms with Gasteiger partial charge in [-0.05, 0) is 20.3 Å². The molecule has 0 fully saturated rings. The number of rotatable bonds is 9. The van der Waals surface area contributed by atoms with Crippen molar-refractivity contribution in [2.75, 3.05) is 6.61 Å². The Bertz CT molecular complexity index is 263. The van der Waals surface area contributed by atoms with Crippen molar-refractivity contribution in [3.05, 3.63) is 0 Å². The van der Waals surface area contributed by atoms with E-state index < -0.39 is 24.1 Å². The number of carbonyl (C=O) groups is 2. The molecule has 0 radical (unpaired) electrons. The molecule has 106 valence electrons. The molecule has 0 bridgehead atoms. The number of carbonyl (C=O) groups excluding carboxylic acids is 1. The summed E-state index contributed by atoms with van der Waals surface area (Å²) in [7, 11) is 0. The third kappa shape index (κ3) is 8.03. The number of carboxylic acid groups (broad SMARTS) is 1. The SMILES string of the molecule is CCC(OC(=O)CCC(=O)O)C(C)OCC(C)O. The van der Waals surface area contributed by atoms with Crippen LogP contribution in [0.2, 0.25) is 0 Å². The maximum Gasteiger partial charge on any atom is 0.306 e. The zero-order chi connectivity index (χ0) is 14.1. The number of carboxylic acids is 1. The summed E-state index contributed by atoms with van der Waals surface area (Å²) in [6, 6.07) is 0. The summed E-state index contributed by atoms with van der Waals surface area (Å²) in [6.07, 6.45) is -1.15. The third-order valence-electron chi connectivity index (χ3n) is 2.35. The summed E-state index contributed by atoms with van der Waals surface area (Å²) >= 11 is 0. The number of aliphatic carboxylic acids is 1. The molecular weight excluding hydrogens is 240 g/mol. The Morgan fingerprint density at radius 1 is 1.22 bits per heavy atom. The van der Waals surface area contributed by atoms with E-state index in [1.54, 1.807) is 13.8 Å². The quantitative estimate of drug-likeness (QED) is 0.601. The molecule has 0 spiro atoms. The van der Waals surface area contributed by atoms with Crippen molar-refractivity contribution in [1.29, 1.82) is 0 Å². The molecule has 0 aliphatic carbocycles. The van der Waals surface area contributed by atoms with Gasteiger partial charge in [0, 0.05) is 0 Å². The molecule has 0 aliphatic rings. The Kier molecular flexibility index (Phi) is 8.32. The summed E-state index contributed by atoms with van der Waals surface area (Å²) in [6.45, 7) is 5.37. The molecule has 0 aromatic carbocycles. The third-order valence-corrected chi connectivity index (χ3v) is 2.35. The fourth-order valence-corrected chi connectivity index (χ4v) is 1.35. The second-order valence-electron chi connectivity index (χ2n) is 4.22. The van der Waals surface area contributed by atoms with Gasteiger partial charge < -0.3 is 19.7 Å². The molecule has 2 N–H and O–H groups in total. The molecule has 3 atom stereocenters. The summed E-state index contributed by atoms with van der Waals surface area (Å²) in [5.74, 6) is -1.57. The zero-order valence-electron chi connectivity index (χ0n) is 11.1. The Morgan fingerprint density at radius 2 is 1.83 bits per heavy atom. The molecule has 0 rings (SSSR count). The van der Waals surface area contributed by atoms with Gasteiger partial charge in [0.25, 0.3) is 0 Å². The van der Waals surface area contributed by atoms with Crippen molar-refractivity contribution in [3.8, 4) is 0 Å². The average Bonchev–Trinajstić information content (AvgIpc) is 2.30. The van der Waals surface area contributed by atoms with Crippen molar-refractivity contribution in [1.82, 2.24) is 0 Å². The van der Waals surface area contributed by atoms with Crippen LogP contribution in [0.15, 0.2) is 0 Å². The molecule has 6 heteroatoms. The van der Waals surface area contributed by atoms with Crippen LogP contribution in [0, 0.1) is 0 Å². The highest BCUT2D eigenvalue weighted by Crippen LogP contribution is 2.10. The van der Waals surface area contributed by atoms with Crippen LogP contribution < -0.4 is 0 Å². The van der Waals surface area contributed by atoms with Gasteiger partial charge in [-0.15, -0.1) is 0 Å². The number of aliphatic hydroxyl groups excluding tert-OH is 1. The Balaban J connectivity index is 4.07.